The second-order valence-corrected chi connectivity index (χ2v) is 6.27. The highest BCUT2D eigenvalue weighted by molar-refractivity contribution is 8.01. The van der Waals surface area contributed by atoms with E-state index in [0.717, 1.165) is 11.8 Å². The van der Waals surface area contributed by atoms with Crippen molar-refractivity contribution in [3.63, 3.8) is 0 Å². The monoisotopic (exact) mass is 331 g/mol. The number of carbonyl (C=O) groups is 2. The van der Waals surface area contributed by atoms with Crippen molar-refractivity contribution in [3.05, 3.63) is 23.2 Å². The summed E-state index contributed by atoms with van der Waals surface area (Å²) >= 11 is 6.98. The number of ether oxygens (including phenoxy) is 1. The molecule has 0 saturated carbocycles. The number of thioether (sulfide) groups is 1. The molecule has 0 heterocycles. The first-order chi connectivity index (χ1) is 9.85. The van der Waals surface area contributed by atoms with E-state index in [1.54, 1.807) is 18.2 Å². The summed E-state index contributed by atoms with van der Waals surface area (Å²) in [4.78, 5) is 23.0. The largest absolute Gasteiger partial charge is 0.495 e. The van der Waals surface area contributed by atoms with Crippen LogP contribution < -0.4 is 10.1 Å². The normalized spacial score (nSPS) is 12.0. The molecule has 1 amide bonds. The van der Waals surface area contributed by atoms with Crippen molar-refractivity contribution >= 4 is 40.9 Å². The molecule has 7 heteroatoms. The Morgan fingerprint density at radius 1 is 1.43 bits per heavy atom. The van der Waals surface area contributed by atoms with Crippen molar-refractivity contribution < 1.29 is 19.4 Å². The SMILES string of the molecule is COc1ccc(Cl)cc1NC(=O)CSC(C(=O)O)C(C)C. The Kier molecular flexibility index (Phi) is 6.84. The van der Waals surface area contributed by atoms with Crippen molar-refractivity contribution in [1.82, 2.24) is 0 Å². The summed E-state index contributed by atoms with van der Waals surface area (Å²) in [6.45, 7) is 3.62. The third-order valence-electron chi connectivity index (χ3n) is 2.68. The van der Waals surface area contributed by atoms with Crippen LogP contribution in [0.3, 0.4) is 0 Å². The fourth-order valence-electron chi connectivity index (χ4n) is 1.68. The first kappa shape index (κ1) is 17.7. The van der Waals surface area contributed by atoms with Crippen LogP contribution in [0.2, 0.25) is 5.02 Å². The van der Waals surface area contributed by atoms with Crippen LogP contribution in [0.15, 0.2) is 18.2 Å². The number of carbonyl (C=O) groups excluding carboxylic acids is 1. The number of hydrogen-bond acceptors (Lipinski definition) is 4. The second kappa shape index (κ2) is 8.14. The van der Waals surface area contributed by atoms with Crippen LogP contribution in [0.25, 0.3) is 0 Å². The summed E-state index contributed by atoms with van der Waals surface area (Å²) in [5, 5.41) is 11.6. The maximum absolute atomic E-state index is 11.9. The maximum atomic E-state index is 11.9. The fraction of sp³-hybridized carbons (Fsp3) is 0.429. The molecular formula is C14H18ClNO4S. The molecule has 0 aliphatic heterocycles. The quantitative estimate of drug-likeness (QED) is 0.802. The van der Waals surface area contributed by atoms with Crippen molar-refractivity contribution in [2.75, 3.05) is 18.2 Å². The zero-order valence-corrected chi connectivity index (χ0v) is 13.6. The van der Waals surface area contributed by atoms with Gasteiger partial charge in [0.05, 0.1) is 18.6 Å². The summed E-state index contributed by atoms with van der Waals surface area (Å²) in [5.41, 5.74) is 0.465. The summed E-state index contributed by atoms with van der Waals surface area (Å²) in [6, 6.07) is 4.89. The van der Waals surface area contributed by atoms with Gasteiger partial charge in [0.1, 0.15) is 11.0 Å². The zero-order valence-electron chi connectivity index (χ0n) is 12.1. The molecule has 0 spiro atoms. The van der Waals surface area contributed by atoms with Crippen molar-refractivity contribution in [2.24, 2.45) is 5.92 Å². The van der Waals surface area contributed by atoms with E-state index in [1.165, 1.54) is 7.11 Å². The van der Waals surface area contributed by atoms with E-state index in [0.29, 0.717) is 16.5 Å². The number of rotatable bonds is 7. The van der Waals surface area contributed by atoms with Gasteiger partial charge < -0.3 is 15.2 Å². The molecule has 1 atom stereocenters. The Bertz CT molecular complexity index is 522. The third-order valence-corrected chi connectivity index (χ3v) is 4.45. The van der Waals surface area contributed by atoms with Crippen LogP contribution in [-0.4, -0.2) is 35.1 Å². The number of halogens is 1. The number of carboxylic acid groups (broad SMARTS) is 1. The highest BCUT2D eigenvalue weighted by Crippen LogP contribution is 2.28. The smallest absolute Gasteiger partial charge is 0.316 e. The molecule has 0 saturated heterocycles. The van der Waals surface area contributed by atoms with Gasteiger partial charge in [-0.05, 0) is 24.1 Å². The Morgan fingerprint density at radius 3 is 2.62 bits per heavy atom. The van der Waals surface area contributed by atoms with Crippen molar-refractivity contribution in [1.29, 1.82) is 0 Å². The molecule has 0 aromatic heterocycles. The Morgan fingerprint density at radius 2 is 2.10 bits per heavy atom. The average Bonchev–Trinajstić information content (AvgIpc) is 2.38. The Labute approximate surface area is 133 Å². The number of methoxy groups -OCH3 is 1. The van der Waals surface area contributed by atoms with Gasteiger partial charge in [0.2, 0.25) is 5.91 Å². The lowest BCUT2D eigenvalue weighted by Gasteiger charge is -2.16. The summed E-state index contributed by atoms with van der Waals surface area (Å²) in [7, 11) is 1.49. The third kappa shape index (κ3) is 5.47. The molecule has 1 aromatic carbocycles. The number of anilines is 1. The molecule has 0 aliphatic carbocycles. The van der Waals surface area contributed by atoms with E-state index in [9.17, 15) is 9.59 Å². The average molecular weight is 332 g/mol. The molecule has 5 nitrogen and oxygen atoms in total. The van der Waals surface area contributed by atoms with E-state index in [1.807, 2.05) is 13.8 Å². The number of aliphatic carboxylic acids is 1. The lowest BCUT2D eigenvalue weighted by molar-refractivity contribution is -0.137. The van der Waals surface area contributed by atoms with Crippen LogP contribution in [0.1, 0.15) is 13.8 Å². The minimum absolute atomic E-state index is 0.0464. The van der Waals surface area contributed by atoms with E-state index in [4.69, 9.17) is 21.4 Å². The molecule has 2 N–H and O–H groups in total. The van der Waals surface area contributed by atoms with Gasteiger partial charge in [-0.15, -0.1) is 11.8 Å². The predicted molar refractivity (Wildman–Crippen MR) is 85.4 cm³/mol. The van der Waals surface area contributed by atoms with Gasteiger partial charge in [0.15, 0.2) is 0 Å². The van der Waals surface area contributed by atoms with E-state index < -0.39 is 11.2 Å². The number of nitrogens with one attached hydrogen (secondary N) is 1. The molecule has 0 radical (unpaired) electrons. The number of hydrogen-bond donors (Lipinski definition) is 2. The molecule has 21 heavy (non-hydrogen) atoms. The number of benzene rings is 1. The summed E-state index contributed by atoms with van der Waals surface area (Å²) in [5.74, 6) is -0.724. The highest BCUT2D eigenvalue weighted by atomic mass is 35.5. The second-order valence-electron chi connectivity index (χ2n) is 4.71. The molecule has 1 rings (SSSR count). The predicted octanol–water partition coefficient (Wildman–Crippen LogP) is 3.13. The van der Waals surface area contributed by atoms with E-state index in [2.05, 4.69) is 5.32 Å². The van der Waals surface area contributed by atoms with Gasteiger partial charge in [-0.3, -0.25) is 9.59 Å². The topological polar surface area (TPSA) is 75.6 Å². The molecule has 116 valence electrons. The first-order valence-electron chi connectivity index (χ1n) is 6.33. The Balaban J connectivity index is 2.66. The van der Waals surface area contributed by atoms with Crippen molar-refractivity contribution in [3.8, 4) is 5.75 Å². The van der Waals surface area contributed by atoms with Gasteiger partial charge in [-0.2, -0.15) is 0 Å². The van der Waals surface area contributed by atoms with E-state index in [-0.39, 0.29) is 17.6 Å². The molecule has 0 bridgehead atoms. The van der Waals surface area contributed by atoms with Crippen LogP contribution >= 0.6 is 23.4 Å². The molecule has 0 aliphatic rings. The number of carboxylic acids is 1. The first-order valence-corrected chi connectivity index (χ1v) is 7.75. The van der Waals surface area contributed by atoms with Gasteiger partial charge in [-0.25, -0.2) is 0 Å². The van der Waals surface area contributed by atoms with Crippen LogP contribution in [0.4, 0.5) is 5.69 Å². The number of amides is 1. The molecule has 0 fully saturated rings. The van der Waals surface area contributed by atoms with E-state index >= 15 is 0 Å². The van der Waals surface area contributed by atoms with Gasteiger partial charge in [0, 0.05) is 5.02 Å². The molecular weight excluding hydrogens is 314 g/mol. The maximum Gasteiger partial charge on any atom is 0.316 e. The van der Waals surface area contributed by atoms with Crippen LogP contribution in [-0.2, 0) is 9.59 Å². The Hall–Kier alpha value is -1.40. The minimum Gasteiger partial charge on any atom is -0.495 e. The molecule has 1 aromatic rings. The highest BCUT2D eigenvalue weighted by Gasteiger charge is 2.23. The fourth-order valence-corrected chi connectivity index (χ4v) is 2.78. The lowest BCUT2D eigenvalue weighted by atomic mass is 10.1. The van der Waals surface area contributed by atoms with Gasteiger partial charge >= 0.3 is 5.97 Å². The minimum atomic E-state index is -0.914. The molecule has 1 unspecified atom stereocenters. The van der Waals surface area contributed by atoms with Gasteiger partial charge in [-0.1, -0.05) is 25.4 Å². The standard InChI is InChI=1S/C14H18ClNO4S/c1-8(2)13(14(18)19)21-7-12(17)16-10-6-9(15)4-5-11(10)20-3/h4-6,8,13H,7H2,1-3H3,(H,16,17)(H,18,19). The van der Waals surface area contributed by atoms with Crippen LogP contribution in [0, 0.1) is 5.92 Å². The summed E-state index contributed by atoms with van der Waals surface area (Å²) in [6.07, 6.45) is 0. The lowest BCUT2D eigenvalue weighted by Crippen LogP contribution is -2.25. The van der Waals surface area contributed by atoms with Crippen molar-refractivity contribution in [2.45, 2.75) is 19.1 Å². The zero-order chi connectivity index (χ0) is 16.0. The van der Waals surface area contributed by atoms with Crippen LogP contribution in [0.5, 0.6) is 5.75 Å². The summed E-state index contributed by atoms with van der Waals surface area (Å²) < 4.78 is 5.13. The van der Waals surface area contributed by atoms with Gasteiger partial charge in [0.25, 0.3) is 0 Å².